The standard InChI is InChI=1S/C10H9BrF3NO2/c1-2-17-7(16)3-6-8(10(13)14)9(11)5(12)4-15-6/h4,10H,2-3H2,1H3. The van der Waals surface area contributed by atoms with Crippen molar-refractivity contribution >= 4 is 21.9 Å². The molecule has 7 heteroatoms. The van der Waals surface area contributed by atoms with Gasteiger partial charge in [-0.2, -0.15) is 0 Å². The number of carbonyl (C=O) groups is 1. The lowest BCUT2D eigenvalue weighted by atomic mass is 10.1. The quantitative estimate of drug-likeness (QED) is 0.802. The molecular formula is C10H9BrF3NO2. The highest BCUT2D eigenvalue weighted by Gasteiger charge is 2.22. The average Bonchev–Trinajstić information content (AvgIpc) is 2.23. The van der Waals surface area contributed by atoms with Gasteiger partial charge in [0.15, 0.2) is 5.82 Å². The summed E-state index contributed by atoms with van der Waals surface area (Å²) in [7, 11) is 0. The molecule has 94 valence electrons. The molecule has 0 aliphatic heterocycles. The normalized spacial score (nSPS) is 10.7. The maximum absolute atomic E-state index is 13.0. The summed E-state index contributed by atoms with van der Waals surface area (Å²) in [6, 6.07) is 0. The van der Waals surface area contributed by atoms with Crippen molar-refractivity contribution in [2.45, 2.75) is 19.8 Å². The zero-order valence-electron chi connectivity index (χ0n) is 8.84. The fourth-order valence-corrected chi connectivity index (χ4v) is 1.73. The number of esters is 1. The van der Waals surface area contributed by atoms with Crippen LogP contribution >= 0.6 is 15.9 Å². The molecule has 1 aromatic rings. The third kappa shape index (κ3) is 3.42. The highest BCUT2D eigenvalue weighted by atomic mass is 79.9. The number of nitrogens with zero attached hydrogens (tertiary/aromatic N) is 1. The lowest BCUT2D eigenvalue weighted by Crippen LogP contribution is -2.12. The van der Waals surface area contributed by atoms with Gasteiger partial charge in [-0.05, 0) is 22.9 Å². The first-order valence-electron chi connectivity index (χ1n) is 4.73. The smallest absolute Gasteiger partial charge is 0.311 e. The van der Waals surface area contributed by atoms with Crippen LogP contribution < -0.4 is 0 Å². The third-order valence-electron chi connectivity index (χ3n) is 1.93. The number of aromatic nitrogens is 1. The Kier molecular flexibility index (Phi) is 4.92. The number of hydrogen-bond acceptors (Lipinski definition) is 3. The molecular weight excluding hydrogens is 303 g/mol. The maximum Gasteiger partial charge on any atom is 0.311 e. The van der Waals surface area contributed by atoms with E-state index in [2.05, 4.69) is 25.7 Å². The average molecular weight is 312 g/mol. The molecule has 0 aliphatic carbocycles. The second-order valence-corrected chi connectivity index (χ2v) is 3.86. The second kappa shape index (κ2) is 6.00. The highest BCUT2D eigenvalue weighted by molar-refractivity contribution is 9.10. The van der Waals surface area contributed by atoms with E-state index in [9.17, 15) is 18.0 Å². The summed E-state index contributed by atoms with van der Waals surface area (Å²) in [5.41, 5.74) is -0.801. The van der Waals surface area contributed by atoms with Gasteiger partial charge in [-0.25, -0.2) is 13.2 Å². The Bertz CT molecular complexity index is 426. The fourth-order valence-electron chi connectivity index (χ4n) is 1.23. The summed E-state index contributed by atoms with van der Waals surface area (Å²) in [5.74, 6) is -1.58. The van der Waals surface area contributed by atoms with E-state index in [1.165, 1.54) is 0 Å². The Morgan fingerprint density at radius 3 is 2.76 bits per heavy atom. The maximum atomic E-state index is 13.0. The van der Waals surface area contributed by atoms with Gasteiger partial charge in [0.1, 0.15) is 0 Å². The Hall–Kier alpha value is -1.11. The van der Waals surface area contributed by atoms with Crippen molar-refractivity contribution in [1.29, 1.82) is 0 Å². The van der Waals surface area contributed by atoms with Gasteiger partial charge in [-0.1, -0.05) is 0 Å². The number of ether oxygens (including phenoxy) is 1. The van der Waals surface area contributed by atoms with Gasteiger partial charge in [-0.15, -0.1) is 0 Å². The van der Waals surface area contributed by atoms with E-state index < -0.39 is 30.2 Å². The van der Waals surface area contributed by atoms with E-state index in [1.807, 2.05) is 0 Å². The minimum Gasteiger partial charge on any atom is -0.466 e. The van der Waals surface area contributed by atoms with Gasteiger partial charge >= 0.3 is 5.97 Å². The molecule has 0 atom stereocenters. The molecule has 17 heavy (non-hydrogen) atoms. The first kappa shape index (κ1) is 14.0. The Morgan fingerprint density at radius 2 is 2.24 bits per heavy atom. The molecule has 0 saturated heterocycles. The largest absolute Gasteiger partial charge is 0.466 e. The van der Waals surface area contributed by atoms with Crippen LogP contribution in [0.15, 0.2) is 10.7 Å². The molecule has 0 radical (unpaired) electrons. The fraction of sp³-hybridized carbons (Fsp3) is 0.400. The Labute approximate surface area is 104 Å². The first-order chi connectivity index (χ1) is 7.97. The molecule has 1 heterocycles. The predicted octanol–water partition coefficient (Wildman–Crippen LogP) is 3.03. The van der Waals surface area contributed by atoms with E-state index >= 15 is 0 Å². The van der Waals surface area contributed by atoms with Crippen LogP contribution in [0.4, 0.5) is 13.2 Å². The molecule has 0 unspecified atom stereocenters. The van der Waals surface area contributed by atoms with Crippen LogP contribution in [0, 0.1) is 5.82 Å². The molecule has 0 aliphatic rings. The Morgan fingerprint density at radius 1 is 1.59 bits per heavy atom. The monoisotopic (exact) mass is 311 g/mol. The van der Waals surface area contributed by atoms with Crippen LogP contribution in [0.3, 0.4) is 0 Å². The lowest BCUT2D eigenvalue weighted by molar-refractivity contribution is -0.142. The number of carbonyl (C=O) groups excluding carboxylic acids is 1. The van der Waals surface area contributed by atoms with Crippen molar-refractivity contribution in [2.24, 2.45) is 0 Å². The van der Waals surface area contributed by atoms with Crippen molar-refractivity contribution in [3.8, 4) is 0 Å². The molecule has 0 spiro atoms. The molecule has 0 aromatic carbocycles. The van der Waals surface area contributed by atoms with Gasteiger partial charge in [0.2, 0.25) is 0 Å². The summed E-state index contributed by atoms with van der Waals surface area (Å²) in [5, 5.41) is 0. The van der Waals surface area contributed by atoms with Gasteiger partial charge in [0.05, 0.1) is 35.0 Å². The van der Waals surface area contributed by atoms with Gasteiger partial charge in [0, 0.05) is 0 Å². The zero-order chi connectivity index (χ0) is 13.0. The van der Waals surface area contributed by atoms with Gasteiger partial charge in [0.25, 0.3) is 6.43 Å². The van der Waals surface area contributed by atoms with Crippen molar-refractivity contribution in [2.75, 3.05) is 6.61 Å². The predicted molar refractivity (Wildman–Crippen MR) is 57.2 cm³/mol. The van der Waals surface area contributed by atoms with Crippen LogP contribution in [-0.2, 0) is 16.0 Å². The summed E-state index contributed by atoms with van der Waals surface area (Å²) < 4.78 is 42.7. The second-order valence-electron chi connectivity index (χ2n) is 3.06. The number of halogens is 4. The molecule has 0 N–H and O–H groups in total. The minimum atomic E-state index is -2.92. The molecule has 3 nitrogen and oxygen atoms in total. The van der Waals surface area contributed by atoms with Gasteiger partial charge < -0.3 is 4.74 Å². The zero-order valence-corrected chi connectivity index (χ0v) is 10.4. The van der Waals surface area contributed by atoms with E-state index in [1.54, 1.807) is 6.92 Å². The molecule has 1 aromatic heterocycles. The summed E-state index contributed by atoms with van der Waals surface area (Å²) in [6.07, 6.45) is -2.55. The number of rotatable bonds is 4. The van der Waals surface area contributed by atoms with Crippen molar-refractivity contribution in [3.05, 3.63) is 27.7 Å². The summed E-state index contributed by atoms with van der Waals surface area (Å²) in [6.45, 7) is 1.74. The van der Waals surface area contributed by atoms with E-state index in [-0.39, 0.29) is 16.8 Å². The number of alkyl halides is 2. The third-order valence-corrected chi connectivity index (χ3v) is 2.73. The van der Waals surface area contributed by atoms with Crippen LogP contribution in [-0.4, -0.2) is 17.6 Å². The van der Waals surface area contributed by atoms with Crippen molar-refractivity contribution < 1.29 is 22.7 Å². The minimum absolute atomic E-state index is 0.144. The van der Waals surface area contributed by atoms with E-state index in [0.29, 0.717) is 0 Å². The highest BCUT2D eigenvalue weighted by Crippen LogP contribution is 2.31. The van der Waals surface area contributed by atoms with E-state index in [0.717, 1.165) is 6.20 Å². The van der Waals surface area contributed by atoms with Crippen LogP contribution in [0.25, 0.3) is 0 Å². The first-order valence-corrected chi connectivity index (χ1v) is 5.53. The summed E-state index contributed by atoms with van der Waals surface area (Å²) in [4.78, 5) is 14.7. The molecule has 0 saturated carbocycles. The van der Waals surface area contributed by atoms with Crippen LogP contribution in [0.2, 0.25) is 0 Å². The van der Waals surface area contributed by atoms with Gasteiger partial charge in [-0.3, -0.25) is 9.78 Å². The SMILES string of the molecule is CCOC(=O)Cc1ncc(F)c(Br)c1C(F)F. The van der Waals surface area contributed by atoms with Crippen molar-refractivity contribution in [1.82, 2.24) is 4.98 Å². The molecule has 1 rings (SSSR count). The van der Waals surface area contributed by atoms with Crippen molar-refractivity contribution in [3.63, 3.8) is 0 Å². The summed E-state index contributed by atoms with van der Waals surface area (Å²) >= 11 is 2.71. The van der Waals surface area contributed by atoms with Crippen LogP contribution in [0.5, 0.6) is 0 Å². The molecule has 0 bridgehead atoms. The van der Waals surface area contributed by atoms with Crippen LogP contribution in [0.1, 0.15) is 24.6 Å². The number of pyridine rings is 1. The molecule has 0 fully saturated rings. The number of hydrogen-bond donors (Lipinski definition) is 0. The Balaban J connectivity index is 3.07. The lowest BCUT2D eigenvalue weighted by Gasteiger charge is -2.10. The topological polar surface area (TPSA) is 39.2 Å². The molecule has 0 amide bonds. The van der Waals surface area contributed by atoms with E-state index in [4.69, 9.17) is 0 Å².